The molecule has 0 radical (unpaired) electrons. The Morgan fingerprint density at radius 3 is 2.57 bits per heavy atom. The molecular weight excluding hydrogens is 271 g/mol. The average Bonchev–Trinajstić information content (AvgIpc) is 2.78. The van der Waals surface area contributed by atoms with E-state index in [4.69, 9.17) is 9.47 Å². The molecule has 0 saturated heterocycles. The van der Waals surface area contributed by atoms with E-state index in [1.807, 2.05) is 6.92 Å². The number of aryl methyl sites for hydroxylation is 1. The van der Waals surface area contributed by atoms with Crippen molar-refractivity contribution in [2.45, 2.75) is 6.92 Å². The van der Waals surface area contributed by atoms with E-state index in [9.17, 15) is 9.18 Å². The third-order valence-electron chi connectivity index (χ3n) is 3.35. The molecule has 0 aromatic heterocycles. The van der Waals surface area contributed by atoms with Gasteiger partial charge in [-0.15, -0.1) is 0 Å². The van der Waals surface area contributed by atoms with Gasteiger partial charge in [-0.3, -0.25) is 4.79 Å². The van der Waals surface area contributed by atoms with Gasteiger partial charge in [0.05, 0.1) is 12.7 Å². The lowest BCUT2D eigenvalue weighted by Crippen LogP contribution is -1.99. The van der Waals surface area contributed by atoms with E-state index >= 15 is 0 Å². The molecule has 0 aliphatic carbocycles. The molecule has 3 nitrogen and oxygen atoms in total. The number of carbonyl (C=O) groups excluding carboxylic acids is 1. The molecule has 1 heterocycles. The first-order valence-electron chi connectivity index (χ1n) is 6.47. The number of rotatable bonds is 2. The molecule has 0 bridgehead atoms. The lowest BCUT2D eigenvalue weighted by atomic mass is 10.0. The van der Waals surface area contributed by atoms with Crippen LogP contribution >= 0.6 is 0 Å². The number of hydrogen-bond donors (Lipinski definition) is 0. The fourth-order valence-electron chi connectivity index (χ4n) is 2.31. The Morgan fingerprint density at radius 1 is 1.19 bits per heavy atom. The number of ether oxygens (including phenoxy) is 2. The fraction of sp³-hybridized carbons (Fsp3) is 0.118. The van der Waals surface area contributed by atoms with Crippen molar-refractivity contribution >= 4 is 11.9 Å². The maximum absolute atomic E-state index is 12.9. The molecule has 0 N–H and O–H groups in total. The summed E-state index contributed by atoms with van der Waals surface area (Å²) in [5.74, 6) is 0.870. The topological polar surface area (TPSA) is 35.5 Å². The quantitative estimate of drug-likeness (QED) is 0.788. The van der Waals surface area contributed by atoms with Gasteiger partial charge < -0.3 is 9.47 Å². The van der Waals surface area contributed by atoms with E-state index in [0.717, 1.165) is 5.56 Å². The van der Waals surface area contributed by atoms with Gasteiger partial charge in [-0.25, -0.2) is 4.39 Å². The van der Waals surface area contributed by atoms with Crippen molar-refractivity contribution in [2.75, 3.05) is 7.11 Å². The van der Waals surface area contributed by atoms with Crippen LogP contribution < -0.4 is 9.47 Å². The lowest BCUT2D eigenvalue weighted by Gasteiger charge is -2.04. The van der Waals surface area contributed by atoms with Crippen molar-refractivity contribution in [3.05, 3.63) is 64.7 Å². The molecule has 106 valence electrons. The summed E-state index contributed by atoms with van der Waals surface area (Å²) >= 11 is 0. The van der Waals surface area contributed by atoms with Gasteiger partial charge in [0.1, 0.15) is 17.3 Å². The van der Waals surface area contributed by atoms with Crippen LogP contribution in [0.15, 0.2) is 42.2 Å². The number of benzene rings is 2. The average molecular weight is 284 g/mol. The summed E-state index contributed by atoms with van der Waals surface area (Å²) < 4.78 is 23.7. The Hall–Kier alpha value is -2.62. The third kappa shape index (κ3) is 2.40. The molecular formula is C17H13FO3. The summed E-state index contributed by atoms with van der Waals surface area (Å²) in [6.07, 6.45) is 1.60. The summed E-state index contributed by atoms with van der Waals surface area (Å²) in [5, 5.41) is 0. The smallest absolute Gasteiger partial charge is 0.232 e. The summed E-state index contributed by atoms with van der Waals surface area (Å²) in [6.45, 7) is 1.84. The number of Topliss-reactive ketones (excluding diaryl/α,β-unsaturated/α-hetero) is 1. The summed E-state index contributed by atoms with van der Waals surface area (Å²) in [4.78, 5) is 12.4. The van der Waals surface area contributed by atoms with Crippen LogP contribution in [0.4, 0.5) is 4.39 Å². The maximum atomic E-state index is 12.9. The van der Waals surface area contributed by atoms with E-state index in [2.05, 4.69) is 0 Å². The molecule has 2 aromatic carbocycles. The molecule has 0 amide bonds. The predicted octanol–water partition coefficient (Wildman–Crippen LogP) is 3.76. The van der Waals surface area contributed by atoms with Gasteiger partial charge in [0.2, 0.25) is 5.78 Å². The van der Waals surface area contributed by atoms with E-state index < -0.39 is 0 Å². The highest BCUT2D eigenvalue weighted by Gasteiger charge is 2.29. The third-order valence-corrected chi connectivity index (χ3v) is 3.35. The van der Waals surface area contributed by atoms with Gasteiger partial charge in [-0.1, -0.05) is 12.1 Å². The first-order valence-corrected chi connectivity index (χ1v) is 6.47. The highest BCUT2D eigenvalue weighted by Crippen LogP contribution is 2.37. The highest BCUT2D eigenvalue weighted by molar-refractivity contribution is 6.15. The SMILES string of the molecule is COc1cc(C)c2c(c1)OC(=Cc1ccc(F)cc1)C2=O. The monoisotopic (exact) mass is 284 g/mol. The van der Waals surface area contributed by atoms with Crippen molar-refractivity contribution in [3.63, 3.8) is 0 Å². The van der Waals surface area contributed by atoms with Crippen molar-refractivity contribution < 1.29 is 18.7 Å². The van der Waals surface area contributed by atoms with Crippen LogP contribution in [0.2, 0.25) is 0 Å². The second-order valence-electron chi connectivity index (χ2n) is 4.81. The van der Waals surface area contributed by atoms with E-state index in [1.165, 1.54) is 12.1 Å². The second-order valence-corrected chi connectivity index (χ2v) is 4.81. The normalized spacial score (nSPS) is 15.0. The van der Waals surface area contributed by atoms with Gasteiger partial charge in [-0.2, -0.15) is 0 Å². The van der Waals surface area contributed by atoms with Crippen LogP contribution in [0.5, 0.6) is 11.5 Å². The van der Waals surface area contributed by atoms with Crippen LogP contribution in [0.3, 0.4) is 0 Å². The number of methoxy groups -OCH3 is 1. The Morgan fingerprint density at radius 2 is 1.90 bits per heavy atom. The first kappa shape index (κ1) is 13.4. The van der Waals surface area contributed by atoms with Crippen molar-refractivity contribution in [2.24, 2.45) is 0 Å². The Balaban J connectivity index is 2.00. The number of hydrogen-bond acceptors (Lipinski definition) is 3. The van der Waals surface area contributed by atoms with E-state index in [1.54, 1.807) is 37.5 Å². The lowest BCUT2D eigenvalue weighted by molar-refractivity contribution is 0.101. The first-order chi connectivity index (χ1) is 10.1. The van der Waals surface area contributed by atoms with Crippen molar-refractivity contribution in [1.29, 1.82) is 0 Å². The zero-order valence-corrected chi connectivity index (χ0v) is 11.6. The minimum Gasteiger partial charge on any atom is -0.497 e. The van der Waals surface area contributed by atoms with Gasteiger partial charge in [0.15, 0.2) is 5.76 Å². The van der Waals surface area contributed by atoms with Gasteiger partial charge in [-0.05, 0) is 42.3 Å². The van der Waals surface area contributed by atoms with Crippen LogP contribution in [0, 0.1) is 12.7 Å². The Labute approximate surface area is 121 Å². The van der Waals surface area contributed by atoms with Crippen LogP contribution in [-0.4, -0.2) is 12.9 Å². The molecule has 0 fully saturated rings. The molecule has 21 heavy (non-hydrogen) atoms. The zero-order valence-electron chi connectivity index (χ0n) is 11.6. The molecule has 4 heteroatoms. The van der Waals surface area contributed by atoms with Gasteiger partial charge in [0, 0.05) is 6.07 Å². The largest absolute Gasteiger partial charge is 0.497 e. The minimum atomic E-state index is -0.320. The highest BCUT2D eigenvalue weighted by atomic mass is 19.1. The molecule has 0 saturated carbocycles. The van der Waals surface area contributed by atoms with E-state index in [0.29, 0.717) is 22.6 Å². The maximum Gasteiger partial charge on any atom is 0.232 e. The van der Waals surface area contributed by atoms with Gasteiger partial charge in [0.25, 0.3) is 0 Å². The Kier molecular flexibility index (Phi) is 3.22. The Bertz CT molecular complexity index is 745. The number of ketones is 1. The molecule has 0 unspecified atom stereocenters. The van der Waals surface area contributed by atoms with Gasteiger partial charge >= 0.3 is 0 Å². The number of fused-ring (bicyclic) bond motifs is 1. The number of allylic oxidation sites excluding steroid dienone is 1. The van der Waals surface area contributed by atoms with Crippen LogP contribution in [0.25, 0.3) is 6.08 Å². The predicted molar refractivity (Wildman–Crippen MR) is 77.1 cm³/mol. The number of halogens is 1. The molecule has 1 aliphatic heterocycles. The van der Waals surface area contributed by atoms with Crippen molar-refractivity contribution in [3.8, 4) is 11.5 Å². The number of carbonyl (C=O) groups is 1. The molecule has 0 atom stereocenters. The van der Waals surface area contributed by atoms with Crippen molar-refractivity contribution in [1.82, 2.24) is 0 Å². The minimum absolute atomic E-state index is 0.172. The van der Waals surface area contributed by atoms with Crippen LogP contribution in [-0.2, 0) is 0 Å². The molecule has 0 spiro atoms. The second kappa shape index (κ2) is 5.05. The van der Waals surface area contributed by atoms with E-state index in [-0.39, 0.29) is 17.4 Å². The summed E-state index contributed by atoms with van der Waals surface area (Å²) in [6, 6.07) is 9.35. The molecule has 2 aromatic rings. The standard InChI is InChI=1S/C17H13FO3/c1-10-7-13(20-2)9-14-16(10)17(19)15(21-14)8-11-3-5-12(18)6-4-11/h3-9H,1-2H3. The molecule has 1 aliphatic rings. The zero-order chi connectivity index (χ0) is 15.0. The summed E-state index contributed by atoms with van der Waals surface area (Å²) in [5.41, 5.74) is 2.05. The summed E-state index contributed by atoms with van der Waals surface area (Å²) in [7, 11) is 1.56. The molecule has 3 rings (SSSR count). The van der Waals surface area contributed by atoms with Crippen LogP contribution in [0.1, 0.15) is 21.5 Å². The fourth-order valence-corrected chi connectivity index (χ4v) is 2.31.